The van der Waals surface area contributed by atoms with E-state index in [4.69, 9.17) is 0 Å². The van der Waals surface area contributed by atoms with E-state index >= 15 is 0 Å². The molecule has 8 heteroatoms. The summed E-state index contributed by atoms with van der Waals surface area (Å²) < 4.78 is 27.1. The van der Waals surface area contributed by atoms with E-state index in [1.807, 2.05) is 0 Å². The van der Waals surface area contributed by atoms with Crippen LogP contribution in [0.25, 0.3) is 0 Å². The Kier molecular flexibility index (Phi) is 5.24. The highest BCUT2D eigenvalue weighted by Crippen LogP contribution is 2.33. The number of nitrogens with one attached hydrogen (secondary N) is 1. The Hall–Kier alpha value is -0.700. The Morgan fingerprint density at radius 1 is 1.24 bits per heavy atom. The third kappa shape index (κ3) is 4.15. The van der Waals surface area contributed by atoms with Crippen molar-refractivity contribution in [2.45, 2.75) is 6.92 Å². The summed E-state index contributed by atoms with van der Waals surface area (Å²) in [4.78, 5) is 12.9. The molecule has 0 atom stereocenters. The summed E-state index contributed by atoms with van der Waals surface area (Å²) in [6.45, 7) is 1.56. The molecule has 0 saturated heterocycles. The first kappa shape index (κ1) is 16.7. The Bertz CT molecular complexity index is 748. The van der Waals surface area contributed by atoms with Gasteiger partial charge in [0, 0.05) is 15.7 Å². The number of thiophene rings is 1. The third-order valence-electron chi connectivity index (χ3n) is 2.67. The second kappa shape index (κ2) is 6.60. The predicted octanol–water partition coefficient (Wildman–Crippen LogP) is 4.27. The molecule has 1 heterocycles. The third-order valence-corrected chi connectivity index (χ3v) is 7.23. The van der Waals surface area contributed by atoms with Crippen LogP contribution >= 0.6 is 43.2 Å². The van der Waals surface area contributed by atoms with Crippen LogP contribution < -0.4 is 4.72 Å². The lowest BCUT2D eigenvalue weighted by molar-refractivity contribution is 0.104. The van der Waals surface area contributed by atoms with Crippen LogP contribution in [0.1, 0.15) is 22.2 Å². The number of carbonyl (C=O) groups excluding carboxylic acids is 1. The van der Waals surface area contributed by atoms with Gasteiger partial charge in [-0.15, -0.1) is 11.3 Å². The molecule has 4 nitrogen and oxygen atoms in total. The van der Waals surface area contributed by atoms with Crippen LogP contribution in [0.5, 0.6) is 0 Å². The molecule has 0 aliphatic carbocycles. The fourth-order valence-electron chi connectivity index (χ4n) is 1.54. The van der Waals surface area contributed by atoms with E-state index in [0.29, 0.717) is 16.1 Å². The minimum Gasteiger partial charge on any atom is -0.288 e. The maximum atomic E-state index is 12.3. The van der Waals surface area contributed by atoms with Crippen molar-refractivity contribution in [3.05, 3.63) is 49.0 Å². The molecular formula is C13H11Br2NO3S2. The molecule has 2 rings (SSSR count). The van der Waals surface area contributed by atoms with Crippen molar-refractivity contribution in [2.75, 3.05) is 10.5 Å². The molecule has 0 amide bonds. The van der Waals surface area contributed by atoms with Gasteiger partial charge in [-0.3, -0.25) is 9.52 Å². The molecule has 1 aromatic carbocycles. The van der Waals surface area contributed by atoms with Crippen molar-refractivity contribution in [1.82, 2.24) is 0 Å². The molecule has 0 spiro atoms. The zero-order valence-corrected chi connectivity index (χ0v) is 15.7. The number of halogens is 2. The van der Waals surface area contributed by atoms with E-state index in [0.717, 1.165) is 8.26 Å². The van der Waals surface area contributed by atoms with Crippen molar-refractivity contribution < 1.29 is 13.2 Å². The van der Waals surface area contributed by atoms with E-state index in [1.54, 1.807) is 37.3 Å². The molecule has 21 heavy (non-hydrogen) atoms. The highest BCUT2D eigenvalue weighted by atomic mass is 79.9. The van der Waals surface area contributed by atoms with E-state index in [9.17, 15) is 13.2 Å². The van der Waals surface area contributed by atoms with Crippen LogP contribution in [-0.2, 0) is 10.0 Å². The highest BCUT2D eigenvalue weighted by Gasteiger charge is 2.14. The Labute approximate surface area is 143 Å². The number of ketones is 1. The summed E-state index contributed by atoms with van der Waals surface area (Å²) in [5.74, 6) is -0.0958. The van der Waals surface area contributed by atoms with Crippen LogP contribution in [0.15, 0.2) is 38.6 Å². The van der Waals surface area contributed by atoms with Crippen molar-refractivity contribution in [1.29, 1.82) is 0 Å². The van der Waals surface area contributed by atoms with Gasteiger partial charge in [-0.2, -0.15) is 0 Å². The fourth-order valence-corrected chi connectivity index (χ4v) is 4.18. The first-order chi connectivity index (χ1) is 9.82. The monoisotopic (exact) mass is 451 g/mol. The number of carbonyl (C=O) groups is 1. The number of sulfonamides is 1. The van der Waals surface area contributed by atoms with Crippen molar-refractivity contribution in [3.63, 3.8) is 0 Å². The Morgan fingerprint density at radius 3 is 2.33 bits per heavy atom. The van der Waals surface area contributed by atoms with Crippen LogP contribution in [-0.4, -0.2) is 20.0 Å². The van der Waals surface area contributed by atoms with Gasteiger partial charge in [0.2, 0.25) is 15.8 Å². The molecular weight excluding hydrogens is 442 g/mol. The zero-order chi connectivity index (χ0) is 15.6. The molecule has 0 fully saturated rings. The number of hydrogen-bond donors (Lipinski definition) is 1. The van der Waals surface area contributed by atoms with Gasteiger partial charge in [0.05, 0.1) is 14.4 Å². The summed E-state index contributed by atoms with van der Waals surface area (Å²) in [6.07, 6.45) is 0. The second-order valence-electron chi connectivity index (χ2n) is 4.14. The van der Waals surface area contributed by atoms with Crippen LogP contribution in [0.3, 0.4) is 0 Å². The molecule has 2 aromatic rings. The largest absolute Gasteiger partial charge is 0.288 e. The lowest BCUT2D eigenvalue weighted by Crippen LogP contribution is -2.14. The maximum absolute atomic E-state index is 12.3. The molecule has 0 bridgehead atoms. The van der Waals surface area contributed by atoms with E-state index in [-0.39, 0.29) is 11.5 Å². The van der Waals surface area contributed by atoms with Crippen molar-refractivity contribution in [2.24, 2.45) is 0 Å². The molecule has 1 N–H and O–H groups in total. The smallest absolute Gasteiger partial charge is 0.232 e. The number of hydrogen-bond acceptors (Lipinski definition) is 4. The van der Waals surface area contributed by atoms with Gasteiger partial charge < -0.3 is 0 Å². The van der Waals surface area contributed by atoms with Gasteiger partial charge in [-0.25, -0.2) is 8.42 Å². The highest BCUT2D eigenvalue weighted by molar-refractivity contribution is 9.13. The summed E-state index contributed by atoms with van der Waals surface area (Å²) >= 11 is 8.04. The standard InChI is InChI=1S/C13H11Br2NO3S2/c1-2-21(18,19)16-9-5-3-8(4-6-9)12(17)11-7-10(14)13(15)20-11/h3-7,16H,2H2,1H3. The topological polar surface area (TPSA) is 63.2 Å². The van der Waals surface area contributed by atoms with E-state index in [2.05, 4.69) is 36.6 Å². The summed E-state index contributed by atoms with van der Waals surface area (Å²) in [5, 5.41) is 0. The normalized spacial score (nSPS) is 11.4. The van der Waals surface area contributed by atoms with Crippen LogP contribution in [0.4, 0.5) is 5.69 Å². The van der Waals surface area contributed by atoms with Gasteiger partial charge in [0.1, 0.15) is 0 Å². The zero-order valence-electron chi connectivity index (χ0n) is 10.9. The average molecular weight is 453 g/mol. The minimum absolute atomic E-state index is 0.00489. The molecule has 0 aliphatic heterocycles. The average Bonchev–Trinajstić information content (AvgIpc) is 2.78. The van der Waals surface area contributed by atoms with E-state index < -0.39 is 10.0 Å². The van der Waals surface area contributed by atoms with Gasteiger partial charge in [0.15, 0.2) is 0 Å². The SMILES string of the molecule is CCS(=O)(=O)Nc1ccc(C(=O)c2cc(Br)c(Br)s2)cc1. The predicted molar refractivity (Wildman–Crippen MR) is 92.7 cm³/mol. The molecule has 1 aromatic heterocycles. The van der Waals surface area contributed by atoms with Gasteiger partial charge in [-0.1, -0.05) is 0 Å². The summed E-state index contributed by atoms with van der Waals surface area (Å²) in [5.41, 5.74) is 0.956. The lowest BCUT2D eigenvalue weighted by Gasteiger charge is -2.06. The molecule has 0 aliphatic rings. The molecule has 0 unspecified atom stereocenters. The van der Waals surface area contributed by atoms with Gasteiger partial charge in [0.25, 0.3) is 0 Å². The number of anilines is 1. The molecule has 0 saturated carbocycles. The minimum atomic E-state index is -3.31. The first-order valence-electron chi connectivity index (χ1n) is 5.92. The molecule has 0 radical (unpaired) electrons. The number of rotatable bonds is 5. The van der Waals surface area contributed by atoms with Gasteiger partial charge in [-0.05, 0) is 69.1 Å². The molecule has 112 valence electrons. The number of benzene rings is 1. The summed E-state index contributed by atoms with van der Waals surface area (Å²) in [6, 6.07) is 8.13. The maximum Gasteiger partial charge on any atom is 0.232 e. The second-order valence-corrected chi connectivity index (χ2v) is 9.38. The quantitative estimate of drug-likeness (QED) is 0.689. The fraction of sp³-hybridized carbons (Fsp3) is 0.154. The van der Waals surface area contributed by atoms with E-state index in [1.165, 1.54) is 11.3 Å². The van der Waals surface area contributed by atoms with Crippen molar-refractivity contribution in [3.8, 4) is 0 Å². The van der Waals surface area contributed by atoms with Crippen LogP contribution in [0.2, 0.25) is 0 Å². The van der Waals surface area contributed by atoms with Crippen molar-refractivity contribution >= 4 is 64.7 Å². The Balaban J connectivity index is 2.21. The van der Waals surface area contributed by atoms with Gasteiger partial charge >= 0.3 is 0 Å². The van der Waals surface area contributed by atoms with Crippen LogP contribution in [0, 0.1) is 0 Å². The summed E-state index contributed by atoms with van der Waals surface area (Å²) in [7, 11) is -3.31. The Morgan fingerprint density at radius 2 is 1.86 bits per heavy atom. The lowest BCUT2D eigenvalue weighted by atomic mass is 10.1. The first-order valence-corrected chi connectivity index (χ1v) is 9.98.